The standard InChI is InChI=1S/C21H22FN3O4S/c1-14-18(19-11-15(22)5-6-20(19)23-14)13-21(26)24-16-3-2-4-17(12-16)30(27,28)25-7-9-29-10-8-25/h2-6,11-12,23H,7-10,13H2,1H3,(H,24,26). The maximum absolute atomic E-state index is 13.6. The number of H-pyrrole nitrogens is 1. The van der Waals surface area contributed by atoms with E-state index in [0.29, 0.717) is 42.9 Å². The van der Waals surface area contributed by atoms with Crippen LogP contribution in [-0.2, 0) is 26.0 Å². The van der Waals surface area contributed by atoms with Crippen LogP contribution in [0, 0.1) is 12.7 Å². The molecular formula is C21H22FN3O4S. The van der Waals surface area contributed by atoms with E-state index >= 15 is 0 Å². The highest BCUT2D eigenvalue weighted by molar-refractivity contribution is 7.89. The van der Waals surface area contributed by atoms with Gasteiger partial charge in [0.2, 0.25) is 15.9 Å². The van der Waals surface area contributed by atoms with Crippen LogP contribution in [0.2, 0.25) is 0 Å². The third kappa shape index (κ3) is 4.09. The van der Waals surface area contributed by atoms with Crippen molar-refractivity contribution in [3.63, 3.8) is 0 Å². The molecule has 0 atom stereocenters. The minimum atomic E-state index is -3.66. The molecule has 0 unspecified atom stereocenters. The van der Waals surface area contributed by atoms with E-state index in [-0.39, 0.29) is 23.0 Å². The molecule has 1 aromatic heterocycles. The second-order valence-corrected chi connectivity index (χ2v) is 9.13. The van der Waals surface area contributed by atoms with Crippen molar-refractivity contribution in [3.8, 4) is 0 Å². The fraction of sp³-hybridized carbons (Fsp3) is 0.286. The lowest BCUT2D eigenvalue weighted by atomic mass is 10.1. The molecule has 4 rings (SSSR count). The fourth-order valence-electron chi connectivity index (χ4n) is 3.62. The summed E-state index contributed by atoms with van der Waals surface area (Å²) in [6.07, 6.45) is 0.0374. The molecule has 1 aliphatic heterocycles. The molecule has 9 heteroatoms. The van der Waals surface area contributed by atoms with Gasteiger partial charge in [-0.3, -0.25) is 4.79 Å². The van der Waals surface area contributed by atoms with Crippen LogP contribution in [0.4, 0.5) is 10.1 Å². The van der Waals surface area contributed by atoms with Crippen LogP contribution in [0.1, 0.15) is 11.3 Å². The highest BCUT2D eigenvalue weighted by atomic mass is 32.2. The average Bonchev–Trinajstić information content (AvgIpc) is 3.03. The first-order chi connectivity index (χ1) is 14.3. The monoisotopic (exact) mass is 431 g/mol. The Morgan fingerprint density at radius 3 is 2.73 bits per heavy atom. The van der Waals surface area contributed by atoms with Crippen LogP contribution >= 0.6 is 0 Å². The Labute approximate surface area is 173 Å². The van der Waals surface area contributed by atoms with Crippen LogP contribution < -0.4 is 5.32 Å². The zero-order valence-electron chi connectivity index (χ0n) is 16.4. The van der Waals surface area contributed by atoms with E-state index in [1.165, 1.54) is 28.6 Å². The lowest BCUT2D eigenvalue weighted by Gasteiger charge is -2.26. The molecule has 0 spiro atoms. The Balaban J connectivity index is 1.53. The number of aromatic amines is 1. The Kier molecular flexibility index (Phi) is 5.59. The Morgan fingerprint density at radius 1 is 1.20 bits per heavy atom. The summed E-state index contributed by atoms with van der Waals surface area (Å²) in [5, 5.41) is 3.41. The Bertz CT molecular complexity index is 1200. The molecule has 1 aliphatic rings. The van der Waals surface area contributed by atoms with Gasteiger partial charge in [0, 0.05) is 35.4 Å². The largest absolute Gasteiger partial charge is 0.379 e. The van der Waals surface area contributed by atoms with Crippen LogP contribution in [-0.4, -0.2) is 49.9 Å². The molecule has 2 N–H and O–H groups in total. The number of carbonyl (C=O) groups excluding carboxylic acids is 1. The quantitative estimate of drug-likeness (QED) is 0.650. The number of fused-ring (bicyclic) bond motifs is 1. The topological polar surface area (TPSA) is 91.5 Å². The number of aromatic nitrogens is 1. The molecule has 1 fully saturated rings. The summed E-state index contributed by atoms with van der Waals surface area (Å²) >= 11 is 0. The smallest absolute Gasteiger partial charge is 0.243 e. The number of aryl methyl sites for hydroxylation is 1. The highest BCUT2D eigenvalue weighted by Crippen LogP contribution is 2.25. The van der Waals surface area contributed by atoms with Gasteiger partial charge >= 0.3 is 0 Å². The van der Waals surface area contributed by atoms with Crippen molar-refractivity contribution in [2.24, 2.45) is 0 Å². The van der Waals surface area contributed by atoms with Gasteiger partial charge in [0.25, 0.3) is 0 Å². The van der Waals surface area contributed by atoms with E-state index in [1.54, 1.807) is 18.2 Å². The van der Waals surface area contributed by atoms with Gasteiger partial charge in [-0.05, 0) is 48.9 Å². The molecule has 2 aromatic carbocycles. The van der Waals surface area contributed by atoms with Crippen molar-refractivity contribution >= 4 is 32.5 Å². The van der Waals surface area contributed by atoms with Gasteiger partial charge in [-0.15, -0.1) is 0 Å². The number of ether oxygens (including phenoxy) is 1. The van der Waals surface area contributed by atoms with Crippen LogP contribution in [0.5, 0.6) is 0 Å². The second-order valence-electron chi connectivity index (χ2n) is 7.19. The number of morpholine rings is 1. The average molecular weight is 431 g/mol. The van der Waals surface area contributed by atoms with Crippen molar-refractivity contribution in [1.82, 2.24) is 9.29 Å². The molecule has 7 nitrogen and oxygen atoms in total. The Morgan fingerprint density at radius 2 is 1.97 bits per heavy atom. The summed E-state index contributed by atoms with van der Waals surface area (Å²) in [7, 11) is -3.66. The molecule has 1 saturated heterocycles. The third-order valence-electron chi connectivity index (χ3n) is 5.14. The summed E-state index contributed by atoms with van der Waals surface area (Å²) in [4.78, 5) is 15.9. The predicted molar refractivity (Wildman–Crippen MR) is 111 cm³/mol. The molecule has 0 radical (unpaired) electrons. The molecule has 158 valence electrons. The van der Waals surface area contributed by atoms with E-state index in [4.69, 9.17) is 4.74 Å². The molecular weight excluding hydrogens is 409 g/mol. The third-order valence-corrected chi connectivity index (χ3v) is 7.04. The summed E-state index contributed by atoms with van der Waals surface area (Å²) in [6, 6.07) is 10.6. The predicted octanol–water partition coefficient (Wildman–Crippen LogP) is 2.82. The van der Waals surface area contributed by atoms with E-state index in [9.17, 15) is 17.6 Å². The lowest BCUT2D eigenvalue weighted by molar-refractivity contribution is -0.115. The summed E-state index contributed by atoms with van der Waals surface area (Å²) in [5.74, 6) is -0.687. The number of anilines is 1. The zero-order chi connectivity index (χ0) is 21.3. The molecule has 30 heavy (non-hydrogen) atoms. The fourth-order valence-corrected chi connectivity index (χ4v) is 5.07. The van der Waals surface area contributed by atoms with Crippen molar-refractivity contribution in [2.75, 3.05) is 31.6 Å². The molecule has 1 amide bonds. The number of halogens is 1. The number of hydrogen-bond donors (Lipinski definition) is 2. The van der Waals surface area contributed by atoms with Crippen LogP contribution in [0.3, 0.4) is 0 Å². The number of sulfonamides is 1. The lowest BCUT2D eigenvalue weighted by Crippen LogP contribution is -2.40. The number of benzene rings is 2. The van der Waals surface area contributed by atoms with E-state index < -0.39 is 10.0 Å². The van der Waals surface area contributed by atoms with Gasteiger partial charge in [0.05, 0.1) is 24.5 Å². The van der Waals surface area contributed by atoms with E-state index in [0.717, 1.165) is 11.2 Å². The highest BCUT2D eigenvalue weighted by Gasteiger charge is 2.26. The number of amides is 1. The van der Waals surface area contributed by atoms with Crippen LogP contribution in [0.25, 0.3) is 10.9 Å². The van der Waals surface area contributed by atoms with Gasteiger partial charge in [-0.1, -0.05) is 6.07 Å². The van der Waals surface area contributed by atoms with Crippen molar-refractivity contribution < 1.29 is 22.3 Å². The van der Waals surface area contributed by atoms with Crippen LogP contribution in [0.15, 0.2) is 47.4 Å². The summed E-state index contributed by atoms with van der Waals surface area (Å²) in [6.45, 7) is 3.15. The van der Waals surface area contributed by atoms with Gasteiger partial charge in [0.1, 0.15) is 5.82 Å². The zero-order valence-corrected chi connectivity index (χ0v) is 17.3. The molecule has 2 heterocycles. The van der Waals surface area contributed by atoms with Gasteiger partial charge in [0.15, 0.2) is 0 Å². The van der Waals surface area contributed by atoms with Gasteiger partial charge < -0.3 is 15.0 Å². The maximum atomic E-state index is 13.6. The first kappa shape index (κ1) is 20.5. The van der Waals surface area contributed by atoms with E-state index in [2.05, 4.69) is 10.3 Å². The number of nitrogens with zero attached hydrogens (tertiary/aromatic N) is 1. The van der Waals surface area contributed by atoms with Gasteiger partial charge in [-0.2, -0.15) is 4.31 Å². The molecule has 0 aliphatic carbocycles. The molecule has 3 aromatic rings. The number of nitrogens with one attached hydrogen (secondary N) is 2. The Hall–Kier alpha value is -2.75. The number of rotatable bonds is 5. The maximum Gasteiger partial charge on any atom is 0.243 e. The minimum Gasteiger partial charge on any atom is -0.379 e. The first-order valence-corrected chi connectivity index (χ1v) is 11.0. The van der Waals surface area contributed by atoms with Crippen molar-refractivity contribution in [3.05, 3.63) is 59.5 Å². The van der Waals surface area contributed by atoms with Crippen molar-refractivity contribution in [1.29, 1.82) is 0 Å². The summed E-state index contributed by atoms with van der Waals surface area (Å²) < 4.78 is 45.9. The first-order valence-electron chi connectivity index (χ1n) is 9.59. The summed E-state index contributed by atoms with van der Waals surface area (Å²) in [5.41, 5.74) is 2.64. The van der Waals surface area contributed by atoms with Crippen molar-refractivity contribution in [2.45, 2.75) is 18.2 Å². The SMILES string of the molecule is Cc1[nH]c2ccc(F)cc2c1CC(=O)Nc1cccc(S(=O)(=O)N2CCOCC2)c1. The molecule has 0 saturated carbocycles. The number of carbonyl (C=O) groups is 1. The van der Waals surface area contributed by atoms with E-state index in [1.807, 2.05) is 6.92 Å². The number of hydrogen-bond acceptors (Lipinski definition) is 4. The second kappa shape index (κ2) is 8.17. The molecule has 0 bridgehead atoms. The minimum absolute atomic E-state index is 0.0374. The normalized spacial score (nSPS) is 15.4. The van der Waals surface area contributed by atoms with Gasteiger partial charge in [-0.25, -0.2) is 12.8 Å².